The fourth-order valence-corrected chi connectivity index (χ4v) is 7.39. The van der Waals surface area contributed by atoms with Crippen LogP contribution in [0.15, 0.2) is 0 Å². The molecule has 0 aromatic carbocycles. The van der Waals surface area contributed by atoms with Crippen molar-refractivity contribution in [2.24, 2.45) is 40.7 Å². The summed E-state index contributed by atoms with van der Waals surface area (Å²) < 4.78 is 0. The Morgan fingerprint density at radius 2 is 1.59 bits per heavy atom. The molecule has 6 fully saturated rings. The first-order valence-electron chi connectivity index (χ1n) is 9.68. The van der Waals surface area contributed by atoms with Gasteiger partial charge in [-0.1, -0.05) is 6.42 Å². The molecule has 3 atom stereocenters. The summed E-state index contributed by atoms with van der Waals surface area (Å²) in [5.41, 5.74) is 6.40. The van der Waals surface area contributed by atoms with E-state index in [1.54, 1.807) is 0 Å². The molecular weight excluding hydrogens is 272 g/mol. The number of carbonyl (C=O) groups is 1. The van der Waals surface area contributed by atoms with Gasteiger partial charge in [-0.05, 0) is 81.0 Å². The van der Waals surface area contributed by atoms with Gasteiger partial charge in [0.15, 0.2) is 0 Å². The van der Waals surface area contributed by atoms with Crippen molar-refractivity contribution in [1.29, 1.82) is 0 Å². The number of amides is 1. The molecule has 0 aromatic heterocycles. The smallest absolute Gasteiger partial charge is 0.228 e. The van der Waals surface area contributed by atoms with Crippen LogP contribution in [0.5, 0.6) is 0 Å². The first-order chi connectivity index (χ1) is 10.6. The Kier molecular flexibility index (Phi) is 2.97. The van der Waals surface area contributed by atoms with Crippen molar-refractivity contribution < 1.29 is 4.79 Å². The molecule has 122 valence electrons. The molecule has 3 nitrogen and oxygen atoms in total. The Labute approximate surface area is 134 Å². The van der Waals surface area contributed by atoms with E-state index in [9.17, 15) is 4.79 Å². The van der Waals surface area contributed by atoms with E-state index < -0.39 is 0 Å². The summed E-state index contributed by atoms with van der Waals surface area (Å²) in [5, 5.41) is 0. The fourth-order valence-electron chi connectivity index (χ4n) is 7.39. The molecular formula is C19H30N2O. The highest BCUT2D eigenvalue weighted by molar-refractivity contribution is 5.83. The van der Waals surface area contributed by atoms with Gasteiger partial charge in [0.05, 0.1) is 5.41 Å². The Balaban J connectivity index is 1.37. The van der Waals surface area contributed by atoms with E-state index in [4.69, 9.17) is 5.73 Å². The highest BCUT2D eigenvalue weighted by atomic mass is 16.2. The van der Waals surface area contributed by atoms with Gasteiger partial charge < -0.3 is 10.6 Å². The summed E-state index contributed by atoms with van der Waals surface area (Å²) in [6.07, 6.45) is 11.6. The molecule has 0 spiro atoms. The number of likely N-dealkylation sites (tertiary alicyclic amines) is 1. The first-order valence-corrected chi connectivity index (χ1v) is 9.68. The molecule has 1 amide bonds. The third kappa shape index (κ3) is 1.93. The fraction of sp³-hybridized carbons (Fsp3) is 0.947. The minimum Gasteiger partial charge on any atom is -0.342 e. The second kappa shape index (κ2) is 4.72. The van der Waals surface area contributed by atoms with E-state index in [-0.39, 0.29) is 5.41 Å². The zero-order valence-corrected chi connectivity index (χ0v) is 13.7. The maximum atomic E-state index is 13.4. The number of hydrogen-bond acceptors (Lipinski definition) is 2. The minimum atomic E-state index is 0.0480. The molecule has 1 aliphatic heterocycles. The summed E-state index contributed by atoms with van der Waals surface area (Å²) in [4.78, 5) is 15.7. The topological polar surface area (TPSA) is 46.3 Å². The van der Waals surface area contributed by atoms with Crippen LogP contribution in [0, 0.1) is 35.0 Å². The van der Waals surface area contributed by atoms with E-state index in [2.05, 4.69) is 4.90 Å². The molecule has 22 heavy (non-hydrogen) atoms. The van der Waals surface area contributed by atoms with Gasteiger partial charge in [0.1, 0.15) is 0 Å². The van der Waals surface area contributed by atoms with Crippen molar-refractivity contribution in [3.8, 4) is 0 Å². The molecule has 0 radical (unpaired) electrons. The lowest BCUT2D eigenvalue weighted by molar-refractivity contribution is -0.156. The van der Waals surface area contributed by atoms with Crippen molar-refractivity contribution in [2.75, 3.05) is 13.1 Å². The second-order valence-corrected chi connectivity index (χ2v) is 9.43. The van der Waals surface area contributed by atoms with Crippen molar-refractivity contribution in [3.05, 3.63) is 0 Å². The van der Waals surface area contributed by atoms with E-state index >= 15 is 0 Å². The van der Waals surface area contributed by atoms with Crippen molar-refractivity contribution in [1.82, 2.24) is 4.90 Å². The average molecular weight is 302 g/mol. The molecule has 5 aliphatic carbocycles. The summed E-state index contributed by atoms with van der Waals surface area (Å²) in [7, 11) is 0. The predicted molar refractivity (Wildman–Crippen MR) is 86.0 cm³/mol. The van der Waals surface area contributed by atoms with Crippen LogP contribution in [0.2, 0.25) is 0 Å². The van der Waals surface area contributed by atoms with Gasteiger partial charge in [-0.2, -0.15) is 0 Å². The van der Waals surface area contributed by atoms with Crippen LogP contribution in [0.4, 0.5) is 0 Å². The molecule has 3 unspecified atom stereocenters. The van der Waals surface area contributed by atoms with E-state index in [1.807, 2.05) is 0 Å². The zero-order valence-electron chi connectivity index (χ0n) is 13.7. The Hall–Kier alpha value is -0.570. The van der Waals surface area contributed by atoms with Gasteiger partial charge in [0.2, 0.25) is 5.91 Å². The Bertz CT molecular complexity index is 453. The average Bonchev–Trinajstić information content (AvgIpc) is 2.90. The van der Waals surface area contributed by atoms with E-state index in [0.29, 0.717) is 23.8 Å². The van der Waals surface area contributed by atoms with Gasteiger partial charge in [0.25, 0.3) is 0 Å². The third-order valence-corrected chi connectivity index (χ3v) is 7.93. The number of nitrogens with zero attached hydrogens (tertiary/aromatic N) is 1. The van der Waals surface area contributed by atoms with Crippen LogP contribution in [-0.2, 0) is 4.79 Å². The Morgan fingerprint density at radius 1 is 0.955 bits per heavy atom. The van der Waals surface area contributed by atoms with Gasteiger partial charge >= 0.3 is 0 Å². The quantitative estimate of drug-likeness (QED) is 0.809. The van der Waals surface area contributed by atoms with Crippen LogP contribution in [0.25, 0.3) is 0 Å². The number of rotatable bonds is 1. The van der Waals surface area contributed by atoms with Crippen LogP contribution < -0.4 is 5.73 Å². The lowest BCUT2D eigenvalue weighted by atomic mass is 9.49. The lowest BCUT2D eigenvalue weighted by Gasteiger charge is -2.56. The molecule has 6 rings (SSSR count). The molecule has 2 N–H and O–H groups in total. The standard InChI is InChI=1S/C19H30N2O/c20-17-3-1-2-15-10-21(11-16(15)17)18(22)19-7-12-4-13(8-19)6-14(5-12)9-19/h12-17H,1-11,20H2. The van der Waals surface area contributed by atoms with Gasteiger partial charge in [0, 0.05) is 19.1 Å². The van der Waals surface area contributed by atoms with E-state index in [0.717, 1.165) is 30.8 Å². The number of hydrogen-bond donors (Lipinski definition) is 1. The summed E-state index contributed by atoms with van der Waals surface area (Å²) in [5.74, 6) is 4.41. The molecule has 0 aromatic rings. The van der Waals surface area contributed by atoms with E-state index in [1.165, 1.54) is 57.8 Å². The van der Waals surface area contributed by atoms with Crippen molar-refractivity contribution >= 4 is 5.91 Å². The van der Waals surface area contributed by atoms with Crippen LogP contribution in [0.1, 0.15) is 57.8 Å². The largest absolute Gasteiger partial charge is 0.342 e. The highest BCUT2D eigenvalue weighted by Crippen LogP contribution is 2.60. The maximum absolute atomic E-state index is 13.4. The highest BCUT2D eigenvalue weighted by Gasteiger charge is 2.56. The van der Waals surface area contributed by atoms with Crippen molar-refractivity contribution in [3.63, 3.8) is 0 Å². The zero-order chi connectivity index (χ0) is 14.9. The van der Waals surface area contributed by atoms with Crippen LogP contribution >= 0.6 is 0 Å². The molecule has 3 heteroatoms. The monoisotopic (exact) mass is 302 g/mol. The normalized spacial score (nSPS) is 52.9. The number of nitrogens with two attached hydrogens (primary N) is 1. The molecule has 1 saturated heterocycles. The molecule has 6 aliphatic rings. The number of fused-ring (bicyclic) bond motifs is 1. The lowest BCUT2D eigenvalue weighted by Crippen LogP contribution is -2.54. The molecule has 4 bridgehead atoms. The summed E-state index contributed by atoms with van der Waals surface area (Å²) in [6.45, 7) is 1.98. The number of carbonyl (C=O) groups excluding carboxylic acids is 1. The van der Waals surface area contributed by atoms with Crippen molar-refractivity contribution in [2.45, 2.75) is 63.8 Å². The second-order valence-electron chi connectivity index (χ2n) is 9.43. The Morgan fingerprint density at radius 3 is 2.18 bits per heavy atom. The third-order valence-electron chi connectivity index (χ3n) is 7.93. The van der Waals surface area contributed by atoms with Gasteiger partial charge in [-0.25, -0.2) is 0 Å². The minimum absolute atomic E-state index is 0.0480. The van der Waals surface area contributed by atoms with Gasteiger partial charge in [-0.15, -0.1) is 0 Å². The summed E-state index contributed by atoms with van der Waals surface area (Å²) in [6, 6.07) is 0.341. The molecule has 5 saturated carbocycles. The van der Waals surface area contributed by atoms with Crippen LogP contribution in [0.3, 0.4) is 0 Å². The SMILES string of the molecule is NC1CCCC2CN(C(=O)C34CC5CC(CC(C5)C3)C4)CC12. The first kappa shape index (κ1) is 13.8. The van der Waals surface area contributed by atoms with Gasteiger partial charge in [-0.3, -0.25) is 4.79 Å². The predicted octanol–water partition coefficient (Wildman–Crippen LogP) is 2.79. The van der Waals surface area contributed by atoms with Crippen LogP contribution in [-0.4, -0.2) is 29.9 Å². The summed E-state index contributed by atoms with van der Waals surface area (Å²) >= 11 is 0. The molecule has 1 heterocycles. The maximum Gasteiger partial charge on any atom is 0.228 e.